The second-order valence-electron chi connectivity index (χ2n) is 7.79. The maximum Gasteiger partial charge on any atom is 0.341 e. The molecule has 5 heteroatoms. The van der Waals surface area contributed by atoms with Gasteiger partial charge in [-0.2, -0.15) is 0 Å². The minimum absolute atomic E-state index is 0.886. The first-order valence-corrected chi connectivity index (χ1v) is 15.4. The summed E-state index contributed by atoms with van der Waals surface area (Å²) in [5, 5.41) is 0. The molecule has 1 aromatic carbocycles. The predicted octanol–water partition coefficient (Wildman–Crippen LogP) is 5.13. The Morgan fingerprint density at radius 2 is 1.50 bits per heavy atom. The molecule has 1 aromatic rings. The molecule has 0 aliphatic carbocycles. The van der Waals surface area contributed by atoms with Gasteiger partial charge in [-0.1, -0.05) is 58.3 Å². The molecule has 0 bridgehead atoms. The highest BCUT2D eigenvalue weighted by Gasteiger charge is 2.33. The largest absolute Gasteiger partial charge is 0.540 e. The van der Waals surface area contributed by atoms with Crippen molar-refractivity contribution in [3.63, 3.8) is 0 Å². The summed E-state index contributed by atoms with van der Waals surface area (Å²) in [5.41, 5.74) is 2.42. The van der Waals surface area contributed by atoms with Crippen LogP contribution in [0.3, 0.4) is 0 Å². The van der Waals surface area contributed by atoms with Crippen molar-refractivity contribution in [3.05, 3.63) is 29.3 Å². The summed E-state index contributed by atoms with van der Waals surface area (Å²) in [6.45, 7) is 22.4. The number of benzene rings is 1. The summed E-state index contributed by atoms with van der Waals surface area (Å²) in [5.74, 6) is 0.886. The molecule has 1 rings (SSSR count). The fourth-order valence-electron chi connectivity index (χ4n) is 2.74. The van der Waals surface area contributed by atoms with Crippen LogP contribution in [-0.4, -0.2) is 37.7 Å². The summed E-state index contributed by atoms with van der Waals surface area (Å²) in [7, 11) is 0.893. The molecule has 22 heavy (non-hydrogen) atoms. The molecule has 0 aliphatic rings. The number of nitrogens with zero attached hydrogens (tertiary/aromatic N) is 1. The zero-order chi connectivity index (χ0) is 17.6. The van der Waals surface area contributed by atoms with Gasteiger partial charge in [-0.3, -0.25) is 0 Å². The van der Waals surface area contributed by atoms with E-state index in [1.165, 1.54) is 24.1 Å². The van der Waals surface area contributed by atoms with Gasteiger partial charge in [0.25, 0.3) is 0 Å². The maximum absolute atomic E-state index is 4.93. The first kappa shape index (κ1) is 21.6. The summed E-state index contributed by atoms with van der Waals surface area (Å²) in [6.07, 6.45) is 1.30. The fourth-order valence-corrected chi connectivity index (χ4v) is 12.8. The SMILES string of the molecule is CCCN([Si](C)(C)C)[Si](C)(C)C.Cc1cccc(O[Si])c1C. The van der Waals surface area contributed by atoms with Gasteiger partial charge in [0.2, 0.25) is 0 Å². The van der Waals surface area contributed by atoms with Crippen molar-refractivity contribution in [1.29, 1.82) is 0 Å². The van der Waals surface area contributed by atoms with Crippen LogP contribution in [0.1, 0.15) is 24.5 Å². The Labute approximate surface area is 144 Å². The molecular formula is C17H34NOSi3. The number of aryl methyl sites for hydroxylation is 1. The molecule has 0 amide bonds. The Morgan fingerprint density at radius 1 is 1.00 bits per heavy atom. The number of hydrogen-bond donors (Lipinski definition) is 0. The van der Waals surface area contributed by atoms with E-state index in [0.29, 0.717) is 0 Å². The first-order valence-electron chi connectivity index (χ1n) is 8.12. The van der Waals surface area contributed by atoms with Crippen LogP contribution in [0, 0.1) is 13.8 Å². The van der Waals surface area contributed by atoms with Gasteiger partial charge in [0.1, 0.15) is 22.2 Å². The molecule has 0 unspecified atom stereocenters. The summed E-state index contributed by atoms with van der Waals surface area (Å²) < 4.78 is 7.76. The van der Waals surface area contributed by atoms with Crippen molar-refractivity contribution in [2.24, 2.45) is 0 Å². The van der Waals surface area contributed by atoms with E-state index >= 15 is 0 Å². The van der Waals surface area contributed by atoms with Gasteiger partial charge in [-0.05, 0) is 44.0 Å². The molecule has 0 spiro atoms. The average molecular weight is 353 g/mol. The van der Waals surface area contributed by atoms with E-state index in [4.69, 9.17) is 4.43 Å². The number of rotatable bonds is 5. The van der Waals surface area contributed by atoms with Gasteiger partial charge in [0.05, 0.1) is 0 Å². The molecule has 0 fully saturated rings. The van der Waals surface area contributed by atoms with E-state index in [1.807, 2.05) is 19.1 Å². The standard InChI is InChI=1S/C9H25NSi2.C8H9OSi/c1-8-9-10(11(2,3)4)12(5,6)7;1-6-4-3-5-8(9-10)7(6)2/h8-9H2,1-7H3;3-5H,1-2H3. The van der Waals surface area contributed by atoms with E-state index in [9.17, 15) is 0 Å². The highest BCUT2D eigenvalue weighted by atomic mass is 28.4. The smallest absolute Gasteiger partial charge is 0.341 e. The lowest BCUT2D eigenvalue weighted by atomic mass is 10.1. The second-order valence-corrected chi connectivity index (χ2v) is 18.2. The third-order valence-corrected chi connectivity index (χ3v) is 11.7. The van der Waals surface area contributed by atoms with Crippen molar-refractivity contribution < 1.29 is 4.43 Å². The van der Waals surface area contributed by atoms with Crippen molar-refractivity contribution in [3.8, 4) is 5.75 Å². The lowest BCUT2D eigenvalue weighted by Crippen LogP contribution is -2.59. The highest BCUT2D eigenvalue weighted by molar-refractivity contribution is 6.89. The molecule has 0 saturated heterocycles. The molecule has 2 nitrogen and oxygen atoms in total. The molecule has 3 radical (unpaired) electrons. The molecule has 0 aromatic heterocycles. The van der Waals surface area contributed by atoms with Crippen molar-refractivity contribution in [1.82, 2.24) is 4.23 Å². The van der Waals surface area contributed by atoms with Crippen molar-refractivity contribution in [2.45, 2.75) is 66.5 Å². The van der Waals surface area contributed by atoms with Gasteiger partial charge in [0.15, 0.2) is 0 Å². The zero-order valence-electron chi connectivity index (χ0n) is 16.0. The zero-order valence-corrected chi connectivity index (χ0v) is 19.0. The van der Waals surface area contributed by atoms with Crippen LogP contribution >= 0.6 is 0 Å². The molecule has 125 valence electrons. The molecular weight excluding hydrogens is 318 g/mol. The van der Waals surface area contributed by atoms with E-state index in [2.05, 4.69) is 73.9 Å². The lowest BCUT2D eigenvalue weighted by Gasteiger charge is -2.43. The molecule has 0 heterocycles. The van der Waals surface area contributed by atoms with Crippen molar-refractivity contribution >= 4 is 27.0 Å². The quantitative estimate of drug-likeness (QED) is 0.681. The molecule has 0 saturated carbocycles. The van der Waals surface area contributed by atoms with Gasteiger partial charge >= 0.3 is 10.5 Å². The predicted molar refractivity (Wildman–Crippen MR) is 106 cm³/mol. The van der Waals surface area contributed by atoms with Gasteiger partial charge in [-0.25, -0.2) is 0 Å². The Morgan fingerprint density at radius 3 is 1.77 bits per heavy atom. The average Bonchev–Trinajstić information content (AvgIpc) is 2.37. The number of hydrogen-bond acceptors (Lipinski definition) is 2. The molecule has 0 atom stereocenters. The third kappa shape index (κ3) is 7.26. The highest BCUT2D eigenvalue weighted by Crippen LogP contribution is 2.20. The van der Waals surface area contributed by atoms with Crippen LogP contribution in [0.2, 0.25) is 39.3 Å². The van der Waals surface area contributed by atoms with Crippen LogP contribution in [-0.2, 0) is 0 Å². The van der Waals surface area contributed by atoms with E-state index < -0.39 is 16.5 Å². The fraction of sp³-hybridized carbons (Fsp3) is 0.647. The van der Waals surface area contributed by atoms with E-state index in [1.54, 1.807) is 0 Å². The normalized spacial score (nSPS) is 12.0. The second kappa shape index (κ2) is 9.06. The topological polar surface area (TPSA) is 12.5 Å². The molecule has 0 aliphatic heterocycles. The Hall–Kier alpha value is -0.369. The van der Waals surface area contributed by atoms with Crippen LogP contribution in [0.15, 0.2) is 18.2 Å². The van der Waals surface area contributed by atoms with Gasteiger partial charge < -0.3 is 8.66 Å². The summed E-state index contributed by atoms with van der Waals surface area (Å²) in [4.78, 5) is 0. The Bertz CT molecular complexity index is 436. The van der Waals surface area contributed by atoms with Crippen LogP contribution in [0.4, 0.5) is 0 Å². The van der Waals surface area contributed by atoms with Crippen LogP contribution in [0.5, 0.6) is 5.75 Å². The minimum atomic E-state index is -1.05. The van der Waals surface area contributed by atoms with Crippen LogP contribution in [0.25, 0.3) is 0 Å². The minimum Gasteiger partial charge on any atom is -0.540 e. The van der Waals surface area contributed by atoms with E-state index in [0.717, 1.165) is 5.75 Å². The monoisotopic (exact) mass is 352 g/mol. The molecule has 0 N–H and O–H groups in total. The van der Waals surface area contributed by atoms with Crippen LogP contribution < -0.4 is 4.43 Å². The Kier molecular flexibility index (Phi) is 8.90. The summed E-state index contributed by atoms with van der Waals surface area (Å²) in [6, 6.07) is 5.96. The first-order chi connectivity index (χ1) is 9.95. The van der Waals surface area contributed by atoms with Gasteiger partial charge in [-0.15, -0.1) is 0 Å². The third-order valence-electron chi connectivity index (χ3n) is 3.73. The lowest BCUT2D eigenvalue weighted by molar-refractivity contribution is 0.602. The van der Waals surface area contributed by atoms with E-state index in [-0.39, 0.29) is 0 Å². The van der Waals surface area contributed by atoms with Crippen molar-refractivity contribution in [2.75, 3.05) is 6.54 Å². The summed E-state index contributed by atoms with van der Waals surface area (Å²) >= 11 is 0. The maximum atomic E-state index is 4.93. The Balaban J connectivity index is 0.000000406. The van der Waals surface area contributed by atoms with Gasteiger partial charge in [0, 0.05) is 0 Å².